The van der Waals surface area contributed by atoms with Crippen molar-refractivity contribution in [3.05, 3.63) is 0 Å². The summed E-state index contributed by atoms with van der Waals surface area (Å²) in [4.78, 5) is 10.7. The summed E-state index contributed by atoms with van der Waals surface area (Å²) in [6.45, 7) is 2.40. The zero-order valence-corrected chi connectivity index (χ0v) is 7.61. The highest BCUT2D eigenvalue weighted by atomic mass is 35.5. The molecule has 0 heterocycles. The molecule has 4 nitrogen and oxygen atoms in total. The van der Waals surface area contributed by atoms with Gasteiger partial charge in [-0.1, -0.05) is 0 Å². The lowest BCUT2D eigenvalue weighted by Crippen LogP contribution is -2.39. The summed E-state index contributed by atoms with van der Waals surface area (Å²) in [6.07, 6.45) is 0. The number of hydrogen-bond acceptors (Lipinski definition) is 3. The number of halogens is 1. The molecule has 3 N–H and O–H groups in total. The van der Waals surface area contributed by atoms with E-state index in [1.54, 1.807) is 0 Å². The maximum atomic E-state index is 10.7. The van der Waals surface area contributed by atoms with Crippen LogP contribution >= 0.6 is 12.4 Å². The molecule has 68 valence electrons. The molecule has 0 aromatic heterocycles. The van der Waals surface area contributed by atoms with Crippen LogP contribution in [-0.4, -0.2) is 32.2 Å². The summed E-state index contributed by atoms with van der Waals surface area (Å²) in [7, 11) is 1.48. The van der Waals surface area contributed by atoms with E-state index in [2.05, 4.69) is 10.1 Å². The summed E-state index contributed by atoms with van der Waals surface area (Å²) in [5.74, 6) is -0.125. The Balaban J connectivity index is 0. The molecule has 0 aromatic carbocycles. The molecule has 0 spiro atoms. The van der Waals surface area contributed by atoms with Crippen molar-refractivity contribution in [3.63, 3.8) is 0 Å². The van der Waals surface area contributed by atoms with Crippen LogP contribution in [0.15, 0.2) is 0 Å². The van der Waals surface area contributed by atoms with Gasteiger partial charge in [-0.25, -0.2) is 0 Å². The third kappa shape index (κ3) is 7.58. The second-order valence-corrected chi connectivity index (χ2v) is 2.14. The third-order valence-corrected chi connectivity index (χ3v) is 1.04. The predicted molar refractivity (Wildman–Crippen MR) is 45.8 cm³/mol. The van der Waals surface area contributed by atoms with Crippen LogP contribution in [0.2, 0.25) is 0 Å². The molecule has 0 aliphatic rings. The molecule has 0 saturated carbocycles. The van der Waals surface area contributed by atoms with E-state index in [1.165, 1.54) is 7.11 Å². The van der Waals surface area contributed by atoms with Crippen LogP contribution in [0.3, 0.4) is 0 Å². The van der Waals surface area contributed by atoms with E-state index in [9.17, 15) is 4.79 Å². The molecular weight excluding hydrogens is 168 g/mol. The van der Waals surface area contributed by atoms with Gasteiger partial charge in [-0.2, -0.15) is 0 Å². The second kappa shape index (κ2) is 7.78. The molecule has 11 heavy (non-hydrogen) atoms. The highest BCUT2D eigenvalue weighted by molar-refractivity contribution is 5.85. The molecule has 0 aromatic rings. The summed E-state index contributed by atoms with van der Waals surface area (Å²) in [6, 6.07) is 0.0302. The number of carbonyl (C=O) groups is 1. The van der Waals surface area contributed by atoms with Gasteiger partial charge in [0.2, 0.25) is 5.91 Å². The number of carbonyl (C=O) groups excluding carboxylic acids is 1. The van der Waals surface area contributed by atoms with Crippen LogP contribution in [0.25, 0.3) is 0 Å². The van der Waals surface area contributed by atoms with Crippen LogP contribution in [0.1, 0.15) is 6.92 Å². The summed E-state index contributed by atoms with van der Waals surface area (Å²) < 4.78 is 4.60. The number of nitrogens with two attached hydrogens (primary N) is 1. The Morgan fingerprint density at radius 2 is 2.27 bits per heavy atom. The van der Waals surface area contributed by atoms with Crippen molar-refractivity contribution >= 4 is 18.3 Å². The van der Waals surface area contributed by atoms with Gasteiger partial charge in [0, 0.05) is 19.7 Å². The maximum absolute atomic E-state index is 10.7. The van der Waals surface area contributed by atoms with Crippen LogP contribution in [-0.2, 0) is 9.53 Å². The fraction of sp³-hybridized carbons (Fsp3) is 0.833. The topological polar surface area (TPSA) is 64.3 Å². The highest BCUT2D eigenvalue weighted by Crippen LogP contribution is 1.76. The van der Waals surface area contributed by atoms with Crippen LogP contribution in [0, 0.1) is 0 Å². The highest BCUT2D eigenvalue weighted by Gasteiger charge is 2.02. The van der Waals surface area contributed by atoms with Crippen molar-refractivity contribution in [1.82, 2.24) is 5.32 Å². The Morgan fingerprint density at radius 1 is 1.73 bits per heavy atom. The molecular formula is C6H15ClN2O2. The monoisotopic (exact) mass is 182 g/mol. The first-order chi connectivity index (χ1) is 4.70. The first-order valence-electron chi connectivity index (χ1n) is 3.19. The van der Waals surface area contributed by atoms with E-state index in [1.807, 2.05) is 6.92 Å². The number of amides is 1. The lowest BCUT2D eigenvalue weighted by atomic mass is 10.3. The summed E-state index contributed by atoms with van der Waals surface area (Å²) in [5.41, 5.74) is 5.26. The summed E-state index contributed by atoms with van der Waals surface area (Å²) in [5, 5.41) is 2.64. The minimum Gasteiger partial charge on any atom is -0.375 e. The van der Waals surface area contributed by atoms with E-state index in [-0.39, 0.29) is 31.0 Å². The number of nitrogens with one attached hydrogen (secondary N) is 1. The number of ether oxygens (including phenoxy) is 1. The van der Waals surface area contributed by atoms with Gasteiger partial charge < -0.3 is 15.8 Å². The minimum absolute atomic E-state index is 0. The molecule has 0 aliphatic heterocycles. The molecule has 1 amide bonds. The average Bonchev–Trinajstić information content (AvgIpc) is 1.88. The third-order valence-electron chi connectivity index (χ3n) is 1.04. The molecule has 0 unspecified atom stereocenters. The Bertz CT molecular complexity index is 111. The minimum atomic E-state index is -0.125. The van der Waals surface area contributed by atoms with Crippen LogP contribution in [0.5, 0.6) is 0 Å². The number of rotatable bonds is 4. The maximum Gasteiger partial charge on any atom is 0.246 e. The van der Waals surface area contributed by atoms with E-state index in [0.717, 1.165) is 0 Å². The Labute approximate surface area is 72.9 Å². The second-order valence-electron chi connectivity index (χ2n) is 2.14. The van der Waals surface area contributed by atoms with Crippen molar-refractivity contribution in [2.75, 3.05) is 20.3 Å². The van der Waals surface area contributed by atoms with Crippen molar-refractivity contribution in [2.45, 2.75) is 13.0 Å². The van der Waals surface area contributed by atoms with Gasteiger partial charge in [-0.3, -0.25) is 4.79 Å². The van der Waals surface area contributed by atoms with Crippen molar-refractivity contribution in [3.8, 4) is 0 Å². The van der Waals surface area contributed by atoms with Gasteiger partial charge in [0.05, 0.1) is 0 Å². The molecule has 1 atom stereocenters. The Hall–Kier alpha value is -0.320. The average molecular weight is 183 g/mol. The zero-order chi connectivity index (χ0) is 7.98. The van der Waals surface area contributed by atoms with Crippen LogP contribution in [0.4, 0.5) is 0 Å². The Kier molecular flexibility index (Phi) is 9.40. The SMILES string of the molecule is COCC(=O)N[C@@H](C)CN.Cl. The van der Waals surface area contributed by atoms with E-state index in [4.69, 9.17) is 5.73 Å². The quantitative estimate of drug-likeness (QED) is 0.617. The normalized spacial score (nSPS) is 11.5. The fourth-order valence-corrected chi connectivity index (χ4v) is 0.507. The molecule has 0 bridgehead atoms. The standard InChI is InChI=1S/C6H14N2O2.ClH/c1-5(3-7)8-6(9)4-10-2;/h5H,3-4,7H2,1-2H3,(H,8,9);1H/t5-;/m0./s1. The smallest absolute Gasteiger partial charge is 0.246 e. The van der Waals surface area contributed by atoms with E-state index >= 15 is 0 Å². The molecule has 0 fully saturated rings. The molecule has 0 radical (unpaired) electrons. The molecule has 5 heteroatoms. The number of methoxy groups -OCH3 is 1. The lowest BCUT2D eigenvalue weighted by Gasteiger charge is -2.09. The summed E-state index contributed by atoms with van der Waals surface area (Å²) >= 11 is 0. The van der Waals surface area contributed by atoms with Crippen molar-refractivity contribution in [1.29, 1.82) is 0 Å². The van der Waals surface area contributed by atoms with E-state index < -0.39 is 0 Å². The van der Waals surface area contributed by atoms with Gasteiger partial charge in [0.25, 0.3) is 0 Å². The van der Waals surface area contributed by atoms with Crippen molar-refractivity contribution in [2.24, 2.45) is 5.73 Å². The molecule has 0 saturated heterocycles. The largest absolute Gasteiger partial charge is 0.375 e. The number of hydrogen-bond donors (Lipinski definition) is 2. The fourth-order valence-electron chi connectivity index (χ4n) is 0.507. The van der Waals surface area contributed by atoms with Crippen LogP contribution < -0.4 is 11.1 Å². The predicted octanol–water partition coefficient (Wildman–Crippen LogP) is -0.482. The lowest BCUT2D eigenvalue weighted by molar-refractivity contribution is -0.125. The first kappa shape index (κ1) is 13.3. The zero-order valence-electron chi connectivity index (χ0n) is 6.79. The van der Waals surface area contributed by atoms with Gasteiger partial charge in [-0.15, -0.1) is 12.4 Å². The van der Waals surface area contributed by atoms with Gasteiger partial charge in [-0.05, 0) is 6.92 Å². The molecule has 0 rings (SSSR count). The molecule has 0 aliphatic carbocycles. The van der Waals surface area contributed by atoms with E-state index in [0.29, 0.717) is 6.54 Å². The Morgan fingerprint density at radius 3 is 2.64 bits per heavy atom. The van der Waals surface area contributed by atoms with Crippen molar-refractivity contribution < 1.29 is 9.53 Å². The van der Waals surface area contributed by atoms with Gasteiger partial charge in [0.15, 0.2) is 0 Å². The first-order valence-corrected chi connectivity index (χ1v) is 3.19. The van der Waals surface area contributed by atoms with Gasteiger partial charge >= 0.3 is 0 Å². The van der Waals surface area contributed by atoms with Gasteiger partial charge in [0.1, 0.15) is 6.61 Å².